The summed E-state index contributed by atoms with van der Waals surface area (Å²) in [5, 5.41) is 9.26. The van der Waals surface area contributed by atoms with Gasteiger partial charge in [0.1, 0.15) is 0 Å². The summed E-state index contributed by atoms with van der Waals surface area (Å²) in [6.45, 7) is 7.28. The van der Waals surface area contributed by atoms with Gasteiger partial charge in [-0.05, 0) is 39.7 Å². The molecule has 0 aromatic rings. The molecule has 86 valence electrons. The topological polar surface area (TPSA) is 46.5 Å². The lowest BCUT2D eigenvalue weighted by molar-refractivity contribution is -0.157. The standard InChI is InChI=1S/C12H20O3/c1-9(2)6-5-7-10(3)8-12(14)15-11(4)13/h6,8,12,14H,5,7H2,1-4H3/b10-8+. The first-order valence-electron chi connectivity index (χ1n) is 5.07. The van der Waals surface area contributed by atoms with Crippen LogP contribution in [0.2, 0.25) is 0 Å². The van der Waals surface area contributed by atoms with Crippen molar-refractivity contribution in [3.05, 3.63) is 23.3 Å². The van der Waals surface area contributed by atoms with E-state index in [1.54, 1.807) is 6.08 Å². The van der Waals surface area contributed by atoms with E-state index in [0.717, 1.165) is 18.4 Å². The SMILES string of the molecule is CC(=O)OC(O)/C=C(\C)CCC=C(C)C. The lowest BCUT2D eigenvalue weighted by Crippen LogP contribution is -2.12. The van der Waals surface area contributed by atoms with Gasteiger partial charge in [0.2, 0.25) is 6.29 Å². The number of aliphatic hydroxyl groups excluding tert-OH is 1. The maximum atomic E-state index is 10.5. The van der Waals surface area contributed by atoms with E-state index in [1.165, 1.54) is 12.5 Å². The van der Waals surface area contributed by atoms with Crippen molar-refractivity contribution in [3.8, 4) is 0 Å². The number of hydrogen-bond donors (Lipinski definition) is 1. The van der Waals surface area contributed by atoms with Gasteiger partial charge in [-0.25, -0.2) is 0 Å². The summed E-state index contributed by atoms with van der Waals surface area (Å²) in [6, 6.07) is 0. The third-order valence-electron chi connectivity index (χ3n) is 1.81. The zero-order valence-corrected chi connectivity index (χ0v) is 9.91. The molecule has 3 heteroatoms. The van der Waals surface area contributed by atoms with Crippen LogP contribution in [0.1, 0.15) is 40.5 Å². The second-order valence-electron chi connectivity index (χ2n) is 3.83. The minimum atomic E-state index is -1.12. The van der Waals surface area contributed by atoms with Crippen LogP contribution in [0.15, 0.2) is 23.3 Å². The van der Waals surface area contributed by atoms with Gasteiger partial charge < -0.3 is 9.84 Å². The van der Waals surface area contributed by atoms with E-state index in [9.17, 15) is 9.90 Å². The molecule has 15 heavy (non-hydrogen) atoms. The molecular formula is C12H20O3. The van der Waals surface area contributed by atoms with Crippen molar-refractivity contribution in [3.63, 3.8) is 0 Å². The average molecular weight is 212 g/mol. The van der Waals surface area contributed by atoms with Gasteiger partial charge in [0.05, 0.1) is 0 Å². The Morgan fingerprint density at radius 3 is 2.40 bits per heavy atom. The Morgan fingerprint density at radius 2 is 1.93 bits per heavy atom. The van der Waals surface area contributed by atoms with Crippen LogP contribution >= 0.6 is 0 Å². The molecule has 1 unspecified atom stereocenters. The van der Waals surface area contributed by atoms with E-state index in [1.807, 2.05) is 20.8 Å². The van der Waals surface area contributed by atoms with Gasteiger partial charge in [-0.15, -0.1) is 0 Å². The average Bonchev–Trinajstić information content (AvgIpc) is 2.00. The fraction of sp³-hybridized carbons (Fsp3) is 0.583. The number of rotatable bonds is 5. The van der Waals surface area contributed by atoms with Crippen molar-refractivity contribution < 1.29 is 14.6 Å². The predicted molar refractivity (Wildman–Crippen MR) is 60.2 cm³/mol. The van der Waals surface area contributed by atoms with Gasteiger partial charge in [-0.3, -0.25) is 4.79 Å². The molecule has 0 rings (SSSR count). The molecule has 3 nitrogen and oxygen atoms in total. The van der Waals surface area contributed by atoms with Gasteiger partial charge in [0.15, 0.2) is 0 Å². The Labute approximate surface area is 91.4 Å². The minimum absolute atomic E-state index is 0.476. The van der Waals surface area contributed by atoms with Crippen molar-refractivity contribution >= 4 is 5.97 Å². The number of carbonyl (C=O) groups excluding carboxylic acids is 1. The smallest absolute Gasteiger partial charge is 0.305 e. The molecular weight excluding hydrogens is 192 g/mol. The Kier molecular flexibility index (Phi) is 6.71. The number of allylic oxidation sites excluding steroid dienone is 3. The fourth-order valence-electron chi connectivity index (χ4n) is 1.12. The van der Waals surface area contributed by atoms with Crippen LogP contribution in [-0.4, -0.2) is 17.4 Å². The molecule has 0 saturated carbocycles. The molecule has 0 aromatic heterocycles. The number of ether oxygens (including phenoxy) is 1. The van der Waals surface area contributed by atoms with Crippen LogP contribution in [0, 0.1) is 0 Å². The molecule has 1 N–H and O–H groups in total. The summed E-state index contributed by atoms with van der Waals surface area (Å²) >= 11 is 0. The zero-order chi connectivity index (χ0) is 11.8. The van der Waals surface area contributed by atoms with Gasteiger partial charge in [-0.2, -0.15) is 0 Å². The van der Waals surface area contributed by atoms with E-state index < -0.39 is 12.3 Å². The Bertz CT molecular complexity index is 260. The lowest BCUT2D eigenvalue weighted by atomic mass is 10.1. The van der Waals surface area contributed by atoms with Crippen molar-refractivity contribution in [1.29, 1.82) is 0 Å². The molecule has 0 amide bonds. The zero-order valence-electron chi connectivity index (χ0n) is 9.91. The summed E-state index contributed by atoms with van der Waals surface area (Å²) in [7, 11) is 0. The summed E-state index contributed by atoms with van der Waals surface area (Å²) < 4.78 is 4.57. The van der Waals surface area contributed by atoms with Crippen molar-refractivity contribution in [1.82, 2.24) is 0 Å². The highest BCUT2D eigenvalue weighted by molar-refractivity contribution is 5.66. The first-order valence-corrected chi connectivity index (χ1v) is 5.07. The molecule has 0 aromatic carbocycles. The second kappa shape index (κ2) is 7.23. The molecule has 0 saturated heterocycles. The van der Waals surface area contributed by atoms with Crippen LogP contribution in [-0.2, 0) is 9.53 Å². The highest BCUT2D eigenvalue weighted by Crippen LogP contribution is 2.08. The number of hydrogen-bond acceptors (Lipinski definition) is 3. The molecule has 1 atom stereocenters. The second-order valence-corrected chi connectivity index (χ2v) is 3.83. The van der Waals surface area contributed by atoms with Gasteiger partial charge in [-0.1, -0.05) is 17.2 Å². The Hall–Kier alpha value is -1.09. The summed E-state index contributed by atoms with van der Waals surface area (Å²) in [5.74, 6) is -0.476. The van der Waals surface area contributed by atoms with Crippen LogP contribution in [0.4, 0.5) is 0 Å². The number of carbonyl (C=O) groups is 1. The predicted octanol–water partition coefficient (Wildman–Crippen LogP) is 2.56. The van der Waals surface area contributed by atoms with E-state index in [4.69, 9.17) is 0 Å². The van der Waals surface area contributed by atoms with Crippen LogP contribution in [0.5, 0.6) is 0 Å². The van der Waals surface area contributed by atoms with E-state index in [-0.39, 0.29) is 0 Å². The van der Waals surface area contributed by atoms with Crippen molar-refractivity contribution in [2.24, 2.45) is 0 Å². The first-order chi connectivity index (χ1) is 6.91. The summed E-state index contributed by atoms with van der Waals surface area (Å²) in [5.41, 5.74) is 2.30. The largest absolute Gasteiger partial charge is 0.432 e. The van der Waals surface area contributed by atoms with Crippen LogP contribution < -0.4 is 0 Å². The fourth-order valence-corrected chi connectivity index (χ4v) is 1.12. The molecule has 0 bridgehead atoms. The molecule has 0 spiro atoms. The molecule has 0 fully saturated rings. The number of esters is 1. The first kappa shape index (κ1) is 13.9. The van der Waals surface area contributed by atoms with Gasteiger partial charge in [0.25, 0.3) is 0 Å². The summed E-state index contributed by atoms with van der Waals surface area (Å²) in [4.78, 5) is 10.5. The maximum Gasteiger partial charge on any atom is 0.305 e. The lowest BCUT2D eigenvalue weighted by Gasteiger charge is -2.07. The third kappa shape index (κ3) is 9.22. The van der Waals surface area contributed by atoms with E-state index in [2.05, 4.69) is 10.8 Å². The van der Waals surface area contributed by atoms with Gasteiger partial charge in [0, 0.05) is 6.92 Å². The van der Waals surface area contributed by atoms with E-state index >= 15 is 0 Å². The van der Waals surface area contributed by atoms with Crippen LogP contribution in [0.25, 0.3) is 0 Å². The molecule has 0 radical (unpaired) electrons. The molecule has 0 heterocycles. The van der Waals surface area contributed by atoms with E-state index in [0.29, 0.717) is 0 Å². The molecule has 0 aliphatic rings. The molecule has 0 aliphatic heterocycles. The highest BCUT2D eigenvalue weighted by atomic mass is 16.6. The highest BCUT2D eigenvalue weighted by Gasteiger charge is 2.03. The summed E-state index contributed by atoms with van der Waals surface area (Å²) in [6.07, 6.45) is 4.38. The quantitative estimate of drug-likeness (QED) is 0.433. The van der Waals surface area contributed by atoms with Crippen molar-refractivity contribution in [2.45, 2.75) is 46.8 Å². The maximum absolute atomic E-state index is 10.5. The molecule has 0 aliphatic carbocycles. The Balaban J connectivity index is 3.97. The van der Waals surface area contributed by atoms with Gasteiger partial charge >= 0.3 is 5.97 Å². The van der Waals surface area contributed by atoms with Crippen molar-refractivity contribution in [2.75, 3.05) is 0 Å². The minimum Gasteiger partial charge on any atom is -0.432 e. The normalized spacial score (nSPS) is 13.3. The monoisotopic (exact) mass is 212 g/mol. The number of aliphatic hydroxyl groups is 1. The third-order valence-corrected chi connectivity index (χ3v) is 1.81. The Morgan fingerprint density at radius 1 is 1.33 bits per heavy atom. The van der Waals surface area contributed by atoms with Crippen LogP contribution in [0.3, 0.4) is 0 Å².